The van der Waals surface area contributed by atoms with Crippen LogP contribution in [0.3, 0.4) is 0 Å². The van der Waals surface area contributed by atoms with Crippen molar-refractivity contribution in [2.45, 2.75) is 110 Å². The summed E-state index contributed by atoms with van der Waals surface area (Å²) in [6.45, 7) is 10.6. The van der Waals surface area contributed by atoms with Gasteiger partial charge in [0.2, 0.25) is 0 Å². The molecule has 4 rings (SSSR count). The van der Waals surface area contributed by atoms with Gasteiger partial charge in [0.25, 0.3) is 0 Å². The fourth-order valence-corrected chi connectivity index (χ4v) is 5.46. The van der Waals surface area contributed by atoms with Crippen molar-refractivity contribution in [1.82, 2.24) is 19.9 Å². The Hall–Kier alpha value is -5.13. The number of carbonyl (C=O) groups excluding carboxylic acids is 6. The Morgan fingerprint density at radius 1 is 0.961 bits per heavy atom. The molecule has 4 heterocycles. The summed E-state index contributed by atoms with van der Waals surface area (Å²) >= 11 is 0. The molecule has 278 valence electrons. The third-order valence-electron chi connectivity index (χ3n) is 7.87. The smallest absolute Gasteiger partial charge is 0.408 e. The zero-order chi connectivity index (χ0) is 37.8. The van der Waals surface area contributed by atoms with Crippen LogP contribution in [-0.4, -0.2) is 99.5 Å². The SMILES string of the molecule is CC(=O)CCC(=O)O[C@@H]1[C@H](OC(=O)CCC(C)=O)[C@@H](COC(=O)[C@@H](NC(=O)OC(C)(C)C)C(C)C)O[C@H]1n1cc2c3c(ncnc31)N(C)N=C2N. The van der Waals surface area contributed by atoms with Gasteiger partial charge in [-0.2, -0.15) is 5.10 Å². The molecule has 2 aliphatic heterocycles. The van der Waals surface area contributed by atoms with Gasteiger partial charge in [-0.3, -0.25) is 9.59 Å². The number of ether oxygens (including phenoxy) is 5. The fraction of sp³-hybridized carbons (Fsp3) is 0.606. The van der Waals surface area contributed by atoms with Crippen LogP contribution in [0.5, 0.6) is 0 Å². The van der Waals surface area contributed by atoms with Crippen molar-refractivity contribution in [3.8, 4) is 0 Å². The Labute approximate surface area is 294 Å². The minimum atomic E-state index is -1.37. The van der Waals surface area contributed by atoms with E-state index in [-0.39, 0.29) is 43.1 Å². The Kier molecular flexibility index (Phi) is 12.0. The molecule has 2 aliphatic rings. The van der Waals surface area contributed by atoms with Crippen LogP contribution in [0.25, 0.3) is 11.0 Å². The Morgan fingerprint density at radius 3 is 2.14 bits per heavy atom. The van der Waals surface area contributed by atoms with Crippen molar-refractivity contribution in [2.75, 3.05) is 18.7 Å². The molecule has 0 aliphatic carbocycles. The Bertz CT molecular complexity index is 1710. The summed E-state index contributed by atoms with van der Waals surface area (Å²) in [6, 6.07) is -1.12. The van der Waals surface area contributed by atoms with E-state index in [1.54, 1.807) is 47.9 Å². The molecule has 1 saturated heterocycles. The minimum absolute atomic E-state index is 0.102. The van der Waals surface area contributed by atoms with Gasteiger partial charge >= 0.3 is 24.0 Å². The number of nitrogens with one attached hydrogen (secondary N) is 1. The fourth-order valence-electron chi connectivity index (χ4n) is 5.46. The molecular formula is C33H45N7O11. The van der Waals surface area contributed by atoms with Crippen molar-refractivity contribution >= 4 is 58.3 Å². The summed E-state index contributed by atoms with van der Waals surface area (Å²) < 4.78 is 30.5. The van der Waals surface area contributed by atoms with E-state index in [1.807, 2.05) is 0 Å². The number of rotatable bonds is 14. The van der Waals surface area contributed by atoms with Crippen LogP contribution in [-0.2, 0) is 47.7 Å². The third kappa shape index (κ3) is 9.56. The molecule has 1 fully saturated rings. The van der Waals surface area contributed by atoms with Crippen LogP contribution in [0, 0.1) is 5.92 Å². The van der Waals surface area contributed by atoms with Crippen LogP contribution in [0.15, 0.2) is 17.6 Å². The van der Waals surface area contributed by atoms with Crippen molar-refractivity contribution in [2.24, 2.45) is 16.8 Å². The second-order valence-corrected chi connectivity index (χ2v) is 13.7. The van der Waals surface area contributed by atoms with Gasteiger partial charge in [0.05, 0.1) is 18.2 Å². The highest BCUT2D eigenvalue weighted by Gasteiger charge is 2.52. The molecule has 3 N–H and O–H groups in total. The lowest BCUT2D eigenvalue weighted by Gasteiger charge is -2.26. The van der Waals surface area contributed by atoms with E-state index < -0.39 is 72.7 Å². The monoisotopic (exact) mass is 715 g/mol. The number of nitrogens with zero attached hydrogens (tertiary/aromatic N) is 5. The molecule has 0 aromatic carbocycles. The molecular weight excluding hydrogens is 670 g/mol. The van der Waals surface area contributed by atoms with Crippen LogP contribution < -0.4 is 16.1 Å². The zero-order valence-electron chi connectivity index (χ0n) is 30.0. The highest BCUT2D eigenvalue weighted by molar-refractivity contribution is 6.13. The number of alkyl carbamates (subject to hydrolysis) is 1. The summed E-state index contributed by atoms with van der Waals surface area (Å²) in [5, 5.41) is 8.82. The second kappa shape index (κ2) is 15.8. The van der Waals surface area contributed by atoms with E-state index >= 15 is 0 Å². The average Bonchev–Trinajstić information content (AvgIpc) is 3.57. The first-order valence-electron chi connectivity index (χ1n) is 16.5. The van der Waals surface area contributed by atoms with Gasteiger partial charge in [0.15, 0.2) is 30.1 Å². The molecule has 1 amide bonds. The number of aromatic nitrogens is 3. The number of amides is 1. The predicted octanol–water partition coefficient (Wildman–Crippen LogP) is 2.05. The number of carbonyl (C=O) groups is 6. The number of Topliss-reactive ketones (excluding diaryl/α,β-unsaturated/α-hetero) is 2. The lowest BCUT2D eigenvalue weighted by molar-refractivity contribution is -0.169. The normalized spacial score (nSPS) is 20.4. The number of hydrazone groups is 1. The molecule has 2 aromatic rings. The molecule has 18 nitrogen and oxygen atoms in total. The molecule has 0 saturated carbocycles. The lowest BCUT2D eigenvalue weighted by Crippen LogP contribution is -2.48. The van der Waals surface area contributed by atoms with E-state index in [0.717, 1.165) is 0 Å². The van der Waals surface area contributed by atoms with E-state index in [0.29, 0.717) is 22.4 Å². The molecule has 0 bridgehead atoms. The molecule has 0 unspecified atom stereocenters. The summed E-state index contributed by atoms with van der Waals surface area (Å²) in [7, 11) is 1.66. The van der Waals surface area contributed by atoms with Crippen LogP contribution >= 0.6 is 0 Å². The highest BCUT2D eigenvalue weighted by Crippen LogP contribution is 2.40. The van der Waals surface area contributed by atoms with Crippen molar-refractivity contribution in [1.29, 1.82) is 0 Å². The van der Waals surface area contributed by atoms with E-state index in [2.05, 4.69) is 20.4 Å². The summed E-state index contributed by atoms with van der Waals surface area (Å²) in [6.07, 6.45) is -3.92. The van der Waals surface area contributed by atoms with E-state index in [4.69, 9.17) is 29.4 Å². The average molecular weight is 716 g/mol. The van der Waals surface area contributed by atoms with Gasteiger partial charge in [0.1, 0.15) is 47.9 Å². The zero-order valence-corrected chi connectivity index (χ0v) is 30.0. The predicted molar refractivity (Wildman–Crippen MR) is 179 cm³/mol. The Balaban J connectivity index is 1.71. The molecule has 2 aromatic heterocycles. The number of nitrogens with two attached hydrogens (primary N) is 1. The maximum Gasteiger partial charge on any atom is 0.408 e. The molecule has 18 heteroatoms. The van der Waals surface area contributed by atoms with Gasteiger partial charge in [-0.25, -0.2) is 24.6 Å². The first kappa shape index (κ1) is 38.7. The number of ketones is 2. The topological polar surface area (TPSA) is 233 Å². The number of hydrogen-bond donors (Lipinski definition) is 2. The summed E-state index contributed by atoms with van der Waals surface area (Å²) in [5.74, 6) is -2.75. The second-order valence-electron chi connectivity index (χ2n) is 13.7. The first-order valence-corrected chi connectivity index (χ1v) is 16.5. The van der Waals surface area contributed by atoms with Crippen molar-refractivity contribution < 1.29 is 52.5 Å². The van der Waals surface area contributed by atoms with Crippen LogP contribution in [0.1, 0.15) is 85.9 Å². The largest absolute Gasteiger partial charge is 0.461 e. The van der Waals surface area contributed by atoms with Gasteiger partial charge < -0.3 is 48.9 Å². The van der Waals surface area contributed by atoms with Gasteiger partial charge in [-0.1, -0.05) is 13.8 Å². The highest BCUT2D eigenvalue weighted by atomic mass is 16.7. The molecule has 5 atom stereocenters. The quantitative estimate of drug-likeness (QED) is 0.210. The summed E-state index contributed by atoms with van der Waals surface area (Å²) in [4.78, 5) is 84.1. The molecule has 51 heavy (non-hydrogen) atoms. The number of anilines is 1. The maximum atomic E-state index is 13.4. The van der Waals surface area contributed by atoms with Gasteiger partial charge in [-0.15, -0.1) is 0 Å². The Morgan fingerprint density at radius 2 is 1.57 bits per heavy atom. The minimum Gasteiger partial charge on any atom is -0.461 e. The van der Waals surface area contributed by atoms with Gasteiger partial charge in [-0.05, 0) is 40.5 Å². The number of esters is 3. The maximum absolute atomic E-state index is 13.4. The molecule has 0 radical (unpaired) electrons. The van der Waals surface area contributed by atoms with E-state index in [9.17, 15) is 28.8 Å². The number of amidine groups is 1. The standard InChI is InChI=1S/C33H45N7O11/c1-16(2)24(37-32(46)51-33(5,6)7)31(45)47-14-20-25(49-21(43)11-9-17(3)41)26(50-22(44)12-10-18(4)42)30(48-20)40-13-19-23-28(35-15-36-29(23)40)39(8)38-27(19)34/h13,15-16,20,24-26,30H,9-12,14H2,1-8H3,(H2,34,38)(H,37,46)/t20-,24+,25-,26-,30-/m1/s1. The van der Waals surface area contributed by atoms with Crippen molar-refractivity contribution in [3.63, 3.8) is 0 Å². The number of hydrogen-bond acceptors (Lipinski definition) is 16. The summed E-state index contributed by atoms with van der Waals surface area (Å²) in [5.41, 5.74) is 6.21. The third-order valence-corrected chi connectivity index (χ3v) is 7.87. The lowest BCUT2D eigenvalue weighted by atomic mass is 10.0. The van der Waals surface area contributed by atoms with Gasteiger partial charge in [0, 0.05) is 31.6 Å². The molecule has 0 spiro atoms. The van der Waals surface area contributed by atoms with E-state index in [1.165, 1.54) is 29.8 Å². The first-order chi connectivity index (χ1) is 23.9. The van der Waals surface area contributed by atoms with Crippen molar-refractivity contribution in [3.05, 3.63) is 18.1 Å². The van der Waals surface area contributed by atoms with Crippen LogP contribution in [0.2, 0.25) is 0 Å². The van der Waals surface area contributed by atoms with Crippen LogP contribution in [0.4, 0.5) is 10.6 Å².